The Kier molecular flexibility index (Phi) is 3.09. The van der Waals surface area contributed by atoms with Crippen molar-refractivity contribution >= 4 is 23.7 Å². The van der Waals surface area contributed by atoms with E-state index in [1.54, 1.807) is 0 Å². The first-order chi connectivity index (χ1) is 8.70. The van der Waals surface area contributed by atoms with Crippen molar-refractivity contribution in [3.8, 4) is 0 Å². The SMILES string of the molecule is O=C(NCCCl)OC1OC(=O)C2C3CCC(C3)C12. The number of carbonyl (C=O) groups excluding carboxylic acids is 2. The fraction of sp³-hybridized carbons (Fsp3) is 0.833. The van der Waals surface area contributed by atoms with Crippen LogP contribution in [0, 0.1) is 23.7 Å². The highest BCUT2D eigenvalue weighted by Gasteiger charge is 2.60. The molecule has 3 fully saturated rings. The lowest BCUT2D eigenvalue weighted by Gasteiger charge is -2.24. The number of halogens is 1. The van der Waals surface area contributed by atoms with Crippen molar-refractivity contribution in [2.75, 3.05) is 12.4 Å². The van der Waals surface area contributed by atoms with Gasteiger partial charge < -0.3 is 14.8 Å². The summed E-state index contributed by atoms with van der Waals surface area (Å²) >= 11 is 5.47. The van der Waals surface area contributed by atoms with E-state index < -0.39 is 12.4 Å². The maximum atomic E-state index is 11.8. The van der Waals surface area contributed by atoms with Gasteiger partial charge >= 0.3 is 12.1 Å². The average Bonchev–Trinajstić information content (AvgIpc) is 3.01. The molecule has 5 nitrogen and oxygen atoms in total. The molecule has 1 N–H and O–H groups in total. The zero-order valence-corrected chi connectivity index (χ0v) is 10.7. The summed E-state index contributed by atoms with van der Waals surface area (Å²) in [5.41, 5.74) is 0. The molecular formula is C12H16ClNO4. The van der Waals surface area contributed by atoms with E-state index in [1.165, 1.54) is 0 Å². The molecule has 6 heteroatoms. The second kappa shape index (κ2) is 4.61. The lowest BCUT2D eigenvalue weighted by molar-refractivity contribution is -0.159. The van der Waals surface area contributed by atoms with Crippen LogP contribution < -0.4 is 5.32 Å². The Labute approximate surface area is 110 Å². The standard InChI is InChI=1S/C12H16ClNO4/c13-3-4-14-12(16)18-11-9-7-2-1-6(5-7)8(9)10(15)17-11/h6-9,11H,1-5H2,(H,14,16). The van der Waals surface area contributed by atoms with Crippen molar-refractivity contribution in [1.82, 2.24) is 5.32 Å². The number of carbonyl (C=O) groups is 2. The zero-order valence-electron chi connectivity index (χ0n) is 9.93. The van der Waals surface area contributed by atoms with Gasteiger partial charge in [-0.15, -0.1) is 11.6 Å². The molecule has 5 atom stereocenters. The minimum Gasteiger partial charge on any atom is -0.424 e. The molecule has 2 saturated carbocycles. The monoisotopic (exact) mass is 273 g/mol. The van der Waals surface area contributed by atoms with Gasteiger partial charge in [-0.25, -0.2) is 4.79 Å². The van der Waals surface area contributed by atoms with E-state index in [9.17, 15) is 9.59 Å². The van der Waals surface area contributed by atoms with Gasteiger partial charge in [-0.2, -0.15) is 0 Å². The van der Waals surface area contributed by atoms with E-state index in [0.717, 1.165) is 19.3 Å². The predicted molar refractivity (Wildman–Crippen MR) is 62.9 cm³/mol. The van der Waals surface area contributed by atoms with Gasteiger partial charge in [-0.3, -0.25) is 4.79 Å². The van der Waals surface area contributed by atoms with Crippen molar-refractivity contribution in [2.24, 2.45) is 23.7 Å². The number of alkyl carbamates (subject to hydrolysis) is 1. The van der Waals surface area contributed by atoms with Crippen molar-refractivity contribution in [3.05, 3.63) is 0 Å². The third-order valence-electron chi connectivity index (χ3n) is 4.39. The molecule has 2 bridgehead atoms. The highest BCUT2D eigenvalue weighted by molar-refractivity contribution is 6.18. The summed E-state index contributed by atoms with van der Waals surface area (Å²) in [5.74, 6) is 1.07. The van der Waals surface area contributed by atoms with Crippen LogP contribution in [0.4, 0.5) is 4.79 Å². The second-order valence-electron chi connectivity index (χ2n) is 5.26. The van der Waals surface area contributed by atoms with Gasteiger partial charge in [0, 0.05) is 18.3 Å². The Hall–Kier alpha value is -0.970. The molecule has 0 aromatic heterocycles. The quantitative estimate of drug-likeness (QED) is 0.625. The van der Waals surface area contributed by atoms with Gasteiger partial charge in [-0.05, 0) is 31.1 Å². The molecule has 0 radical (unpaired) electrons. The number of hydrogen-bond acceptors (Lipinski definition) is 4. The van der Waals surface area contributed by atoms with E-state index in [1.807, 2.05) is 0 Å². The molecular weight excluding hydrogens is 258 g/mol. The third kappa shape index (κ3) is 1.85. The lowest BCUT2D eigenvalue weighted by Crippen LogP contribution is -2.35. The molecule has 100 valence electrons. The summed E-state index contributed by atoms with van der Waals surface area (Å²) < 4.78 is 10.4. The highest BCUT2D eigenvalue weighted by atomic mass is 35.5. The van der Waals surface area contributed by atoms with Crippen LogP contribution >= 0.6 is 11.6 Å². The molecule has 1 amide bonds. The predicted octanol–water partition coefficient (Wildman–Crippen LogP) is 1.50. The van der Waals surface area contributed by atoms with Gasteiger partial charge in [0.2, 0.25) is 0 Å². The van der Waals surface area contributed by atoms with Crippen LogP contribution in [0.5, 0.6) is 0 Å². The maximum Gasteiger partial charge on any atom is 0.410 e. The average molecular weight is 274 g/mol. The summed E-state index contributed by atoms with van der Waals surface area (Å²) in [6, 6.07) is 0. The van der Waals surface area contributed by atoms with Gasteiger partial charge in [0.1, 0.15) is 0 Å². The fourth-order valence-electron chi connectivity index (χ4n) is 3.75. The van der Waals surface area contributed by atoms with Crippen molar-refractivity contribution in [1.29, 1.82) is 0 Å². The number of hydrogen-bond donors (Lipinski definition) is 1. The van der Waals surface area contributed by atoms with Crippen LogP contribution in [-0.4, -0.2) is 30.8 Å². The first kappa shape index (κ1) is 12.1. The van der Waals surface area contributed by atoms with Crippen molar-refractivity contribution in [3.63, 3.8) is 0 Å². The van der Waals surface area contributed by atoms with E-state index in [4.69, 9.17) is 21.1 Å². The highest BCUT2D eigenvalue weighted by Crippen LogP contribution is 2.57. The van der Waals surface area contributed by atoms with E-state index in [-0.39, 0.29) is 17.8 Å². The minimum atomic E-state index is -0.701. The summed E-state index contributed by atoms with van der Waals surface area (Å²) in [4.78, 5) is 23.3. The largest absolute Gasteiger partial charge is 0.424 e. The first-order valence-electron chi connectivity index (χ1n) is 6.41. The molecule has 18 heavy (non-hydrogen) atoms. The Morgan fingerprint density at radius 2 is 2.22 bits per heavy atom. The Morgan fingerprint density at radius 3 is 3.00 bits per heavy atom. The minimum absolute atomic E-state index is 0.0467. The lowest BCUT2D eigenvalue weighted by atomic mass is 9.81. The molecule has 0 spiro atoms. The molecule has 0 aromatic carbocycles. The number of esters is 1. The fourth-order valence-corrected chi connectivity index (χ4v) is 3.84. The summed E-state index contributed by atoms with van der Waals surface area (Å²) in [6.45, 7) is 0.348. The normalized spacial score (nSPS) is 40.5. The molecule has 1 aliphatic heterocycles. The number of nitrogens with one attached hydrogen (secondary N) is 1. The number of ether oxygens (including phenoxy) is 2. The van der Waals surface area contributed by atoms with Crippen LogP contribution in [0.1, 0.15) is 19.3 Å². The molecule has 2 aliphatic carbocycles. The van der Waals surface area contributed by atoms with Gasteiger partial charge in [0.15, 0.2) is 0 Å². The Morgan fingerprint density at radius 1 is 1.44 bits per heavy atom. The number of rotatable bonds is 3. The number of cyclic esters (lactones) is 1. The van der Waals surface area contributed by atoms with Crippen molar-refractivity contribution in [2.45, 2.75) is 25.6 Å². The first-order valence-corrected chi connectivity index (χ1v) is 6.95. The zero-order chi connectivity index (χ0) is 12.7. The van der Waals surface area contributed by atoms with E-state index in [2.05, 4.69) is 5.32 Å². The van der Waals surface area contributed by atoms with Crippen LogP contribution in [0.2, 0.25) is 0 Å². The molecule has 1 heterocycles. The van der Waals surface area contributed by atoms with Crippen LogP contribution in [0.25, 0.3) is 0 Å². The van der Waals surface area contributed by atoms with Crippen LogP contribution in [-0.2, 0) is 14.3 Å². The number of alkyl halides is 1. The van der Waals surface area contributed by atoms with Gasteiger partial charge in [0.25, 0.3) is 6.29 Å². The number of fused-ring (bicyclic) bond motifs is 5. The van der Waals surface area contributed by atoms with Gasteiger partial charge in [0.05, 0.1) is 5.92 Å². The molecule has 3 rings (SSSR count). The Bertz CT molecular complexity index is 375. The van der Waals surface area contributed by atoms with Crippen LogP contribution in [0.15, 0.2) is 0 Å². The third-order valence-corrected chi connectivity index (χ3v) is 4.58. The van der Waals surface area contributed by atoms with Crippen LogP contribution in [0.3, 0.4) is 0 Å². The summed E-state index contributed by atoms with van der Waals surface area (Å²) in [5, 5.41) is 2.51. The molecule has 1 saturated heterocycles. The smallest absolute Gasteiger partial charge is 0.410 e. The maximum absolute atomic E-state index is 11.8. The van der Waals surface area contributed by atoms with E-state index >= 15 is 0 Å². The van der Waals surface area contributed by atoms with Crippen molar-refractivity contribution < 1.29 is 19.1 Å². The van der Waals surface area contributed by atoms with E-state index in [0.29, 0.717) is 24.3 Å². The summed E-state index contributed by atoms with van der Waals surface area (Å²) in [6.07, 6.45) is 2.04. The summed E-state index contributed by atoms with van der Waals surface area (Å²) in [7, 11) is 0. The second-order valence-corrected chi connectivity index (χ2v) is 5.64. The Balaban J connectivity index is 1.64. The van der Waals surface area contributed by atoms with Gasteiger partial charge in [-0.1, -0.05) is 0 Å². The number of amides is 1. The molecule has 0 aromatic rings. The topological polar surface area (TPSA) is 64.6 Å². The molecule has 5 unspecified atom stereocenters. The molecule has 3 aliphatic rings.